The van der Waals surface area contributed by atoms with Gasteiger partial charge >= 0.3 is 0 Å². The summed E-state index contributed by atoms with van der Waals surface area (Å²) in [6.45, 7) is 0.732. The second-order valence-electron chi connectivity index (χ2n) is 3.50. The largest absolute Gasteiger partial charge is 0.493 e. The van der Waals surface area contributed by atoms with E-state index in [1.807, 2.05) is 18.2 Å². The number of hydrogen-bond donors (Lipinski definition) is 1. The maximum atomic E-state index is 5.53. The van der Waals surface area contributed by atoms with E-state index in [-0.39, 0.29) is 0 Å². The topological polar surface area (TPSA) is 61.3 Å². The highest BCUT2D eigenvalue weighted by Gasteiger charge is 2.18. The molecule has 0 bridgehead atoms. The smallest absolute Gasteiger partial charge is 0.169 e. The Morgan fingerprint density at radius 1 is 1.33 bits per heavy atom. The molecule has 0 fully saturated rings. The second kappa shape index (κ2) is 3.02. The van der Waals surface area contributed by atoms with Gasteiger partial charge in [-0.05, 0) is 6.07 Å². The monoisotopic (exact) mass is 202 g/mol. The molecule has 0 saturated heterocycles. The number of benzene rings is 1. The van der Waals surface area contributed by atoms with Gasteiger partial charge < -0.3 is 15.0 Å². The Morgan fingerprint density at radius 3 is 3.07 bits per heavy atom. The minimum absolute atomic E-state index is 0.404. The van der Waals surface area contributed by atoms with E-state index in [1.165, 1.54) is 5.56 Å². The molecule has 2 aromatic rings. The van der Waals surface area contributed by atoms with Crippen LogP contribution in [0, 0.1) is 0 Å². The molecule has 0 radical (unpaired) electrons. The third-order valence-electron chi connectivity index (χ3n) is 2.54. The highest BCUT2D eigenvalue weighted by Crippen LogP contribution is 2.34. The van der Waals surface area contributed by atoms with E-state index in [0.717, 1.165) is 24.3 Å². The lowest BCUT2D eigenvalue weighted by molar-refractivity contribution is 0.357. The quantitative estimate of drug-likeness (QED) is 0.766. The van der Waals surface area contributed by atoms with Crippen molar-refractivity contribution in [3.8, 4) is 17.1 Å². The molecule has 0 saturated carbocycles. The van der Waals surface area contributed by atoms with Gasteiger partial charge in [-0.3, -0.25) is 0 Å². The lowest BCUT2D eigenvalue weighted by Gasteiger charge is -2.02. The fraction of sp³-hybridized carbons (Fsp3) is 0.182. The molecule has 2 heterocycles. The van der Waals surface area contributed by atoms with Crippen LogP contribution in [0.25, 0.3) is 11.3 Å². The number of hydrogen-bond acceptors (Lipinski definition) is 4. The lowest BCUT2D eigenvalue weighted by Crippen LogP contribution is -1.86. The molecular formula is C11H10N2O2. The number of aromatic nitrogens is 1. The maximum absolute atomic E-state index is 5.53. The van der Waals surface area contributed by atoms with Gasteiger partial charge in [0.2, 0.25) is 0 Å². The van der Waals surface area contributed by atoms with Gasteiger partial charge in [-0.15, -0.1) is 0 Å². The van der Waals surface area contributed by atoms with Crippen LogP contribution in [0.5, 0.6) is 5.75 Å². The van der Waals surface area contributed by atoms with Crippen molar-refractivity contribution in [1.82, 2.24) is 5.16 Å². The molecule has 2 N–H and O–H groups in total. The van der Waals surface area contributed by atoms with Crippen molar-refractivity contribution in [3.05, 3.63) is 29.8 Å². The van der Waals surface area contributed by atoms with Crippen LogP contribution in [0.4, 0.5) is 5.82 Å². The molecular weight excluding hydrogens is 192 g/mol. The van der Waals surface area contributed by atoms with Gasteiger partial charge in [0.25, 0.3) is 0 Å². The molecule has 4 nitrogen and oxygen atoms in total. The Kier molecular flexibility index (Phi) is 1.68. The molecule has 4 heteroatoms. The van der Waals surface area contributed by atoms with Crippen LogP contribution in [-0.2, 0) is 6.42 Å². The molecule has 3 rings (SSSR count). The summed E-state index contributed by atoms with van der Waals surface area (Å²) in [6.07, 6.45) is 0.909. The predicted octanol–water partition coefficient (Wildman–Crippen LogP) is 1.86. The fourth-order valence-corrected chi connectivity index (χ4v) is 1.87. The zero-order chi connectivity index (χ0) is 10.3. The van der Waals surface area contributed by atoms with Crippen LogP contribution in [0.2, 0.25) is 0 Å². The molecule has 0 unspecified atom stereocenters. The standard InChI is InChI=1S/C11H10N2O2/c12-11-6-10(15-13-11)7-2-1-3-9-8(7)4-5-14-9/h1-3,6H,4-5H2,(H2,12,13). The number of fused-ring (bicyclic) bond motifs is 1. The number of nitrogens with two attached hydrogens (primary N) is 1. The summed E-state index contributed by atoms with van der Waals surface area (Å²) in [5.74, 6) is 2.04. The number of ether oxygens (including phenoxy) is 1. The Labute approximate surface area is 86.6 Å². The van der Waals surface area contributed by atoms with E-state index < -0.39 is 0 Å². The third-order valence-corrected chi connectivity index (χ3v) is 2.54. The van der Waals surface area contributed by atoms with Crippen molar-refractivity contribution in [2.75, 3.05) is 12.3 Å². The molecule has 76 valence electrons. The summed E-state index contributed by atoms with van der Waals surface area (Å²) >= 11 is 0. The first-order valence-electron chi connectivity index (χ1n) is 4.82. The molecule has 1 aliphatic heterocycles. The van der Waals surface area contributed by atoms with Crippen LogP contribution in [-0.4, -0.2) is 11.8 Å². The van der Waals surface area contributed by atoms with Crippen molar-refractivity contribution in [2.45, 2.75) is 6.42 Å². The number of anilines is 1. The zero-order valence-electron chi connectivity index (χ0n) is 8.06. The van der Waals surface area contributed by atoms with Crippen molar-refractivity contribution in [3.63, 3.8) is 0 Å². The predicted molar refractivity (Wildman–Crippen MR) is 55.6 cm³/mol. The van der Waals surface area contributed by atoms with Crippen LogP contribution < -0.4 is 10.5 Å². The fourth-order valence-electron chi connectivity index (χ4n) is 1.87. The molecule has 1 aliphatic rings. The van der Waals surface area contributed by atoms with Crippen molar-refractivity contribution in [1.29, 1.82) is 0 Å². The minimum atomic E-state index is 0.404. The average Bonchev–Trinajstić information content (AvgIpc) is 2.84. The van der Waals surface area contributed by atoms with Gasteiger partial charge in [-0.2, -0.15) is 0 Å². The van der Waals surface area contributed by atoms with Gasteiger partial charge in [0.15, 0.2) is 11.6 Å². The number of nitrogen functional groups attached to an aromatic ring is 1. The average molecular weight is 202 g/mol. The molecule has 1 aromatic carbocycles. The van der Waals surface area contributed by atoms with Crippen molar-refractivity contribution < 1.29 is 9.26 Å². The highest BCUT2D eigenvalue weighted by molar-refractivity contribution is 5.68. The van der Waals surface area contributed by atoms with E-state index in [0.29, 0.717) is 11.6 Å². The van der Waals surface area contributed by atoms with Gasteiger partial charge in [0.1, 0.15) is 5.75 Å². The van der Waals surface area contributed by atoms with Gasteiger partial charge in [0, 0.05) is 23.6 Å². The summed E-state index contributed by atoms with van der Waals surface area (Å²) in [6, 6.07) is 7.63. The molecule has 0 spiro atoms. The van der Waals surface area contributed by atoms with Crippen molar-refractivity contribution >= 4 is 5.82 Å². The maximum Gasteiger partial charge on any atom is 0.169 e. The summed E-state index contributed by atoms with van der Waals surface area (Å²) < 4.78 is 10.6. The van der Waals surface area contributed by atoms with Crippen LogP contribution in [0.1, 0.15) is 5.56 Å². The summed E-state index contributed by atoms with van der Waals surface area (Å²) in [5, 5.41) is 3.68. The summed E-state index contributed by atoms with van der Waals surface area (Å²) in [4.78, 5) is 0. The number of rotatable bonds is 1. The minimum Gasteiger partial charge on any atom is -0.493 e. The second-order valence-corrected chi connectivity index (χ2v) is 3.50. The summed E-state index contributed by atoms with van der Waals surface area (Å²) in [5.41, 5.74) is 7.72. The molecule has 1 aromatic heterocycles. The van der Waals surface area contributed by atoms with E-state index in [4.69, 9.17) is 15.0 Å². The molecule has 15 heavy (non-hydrogen) atoms. The Morgan fingerprint density at radius 2 is 2.27 bits per heavy atom. The summed E-state index contributed by atoms with van der Waals surface area (Å²) in [7, 11) is 0. The first-order valence-corrected chi connectivity index (χ1v) is 4.82. The Hall–Kier alpha value is -1.97. The normalized spacial score (nSPS) is 13.6. The van der Waals surface area contributed by atoms with Crippen molar-refractivity contribution in [2.24, 2.45) is 0 Å². The molecule has 0 aliphatic carbocycles. The van der Waals surface area contributed by atoms with E-state index in [9.17, 15) is 0 Å². The zero-order valence-corrected chi connectivity index (χ0v) is 8.06. The van der Waals surface area contributed by atoms with E-state index in [2.05, 4.69) is 5.16 Å². The van der Waals surface area contributed by atoms with E-state index in [1.54, 1.807) is 6.07 Å². The van der Waals surface area contributed by atoms with Crippen LogP contribution in [0.3, 0.4) is 0 Å². The first-order chi connectivity index (χ1) is 7.34. The third kappa shape index (κ3) is 1.26. The van der Waals surface area contributed by atoms with E-state index >= 15 is 0 Å². The van der Waals surface area contributed by atoms with Crippen LogP contribution >= 0.6 is 0 Å². The number of nitrogens with zero attached hydrogens (tertiary/aromatic N) is 1. The first kappa shape index (κ1) is 8.35. The molecule has 0 amide bonds. The molecule has 0 atom stereocenters. The Balaban J connectivity index is 2.16. The van der Waals surface area contributed by atoms with Gasteiger partial charge in [0.05, 0.1) is 6.61 Å². The SMILES string of the molecule is Nc1cc(-c2cccc3c2CCO3)on1. The van der Waals surface area contributed by atoms with Crippen LogP contribution in [0.15, 0.2) is 28.8 Å². The van der Waals surface area contributed by atoms with Gasteiger partial charge in [-0.25, -0.2) is 0 Å². The highest BCUT2D eigenvalue weighted by atomic mass is 16.5. The Bertz CT molecular complexity index is 505. The lowest BCUT2D eigenvalue weighted by atomic mass is 10.0. The van der Waals surface area contributed by atoms with Gasteiger partial charge in [-0.1, -0.05) is 17.3 Å².